The Morgan fingerprint density at radius 3 is 2.50 bits per heavy atom. The van der Waals surface area contributed by atoms with E-state index >= 15 is 0 Å². The van der Waals surface area contributed by atoms with Gasteiger partial charge in [0.15, 0.2) is 11.5 Å². The van der Waals surface area contributed by atoms with Gasteiger partial charge in [0.1, 0.15) is 24.6 Å². The second-order valence-corrected chi connectivity index (χ2v) is 5.28. The molecule has 0 saturated carbocycles. The van der Waals surface area contributed by atoms with Gasteiger partial charge in [0.2, 0.25) is 0 Å². The Kier molecular flexibility index (Phi) is 4.22. The number of rotatable bonds is 3. The minimum absolute atomic E-state index is 0.145. The van der Waals surface area contributed by atoms with Crippen LogP contribution < -0.4 is 14.8 Å². The Morgan fingerprint density at radius 1 is 1.21 bits per heavy atom. The molecular formula is C15H10ClFN2O5. The summed E-state index contributed by atoms with van der Waals surface area (Å²) >= 11 is 5.64. The third kappa shape index (κ3) is 3.09. The first kappa shape index (κ1) is 16.0. The molecule has 3 rings (SSSR count). The fourth-order valence-corrected chi connectivity index (χ4v) is 2.35. The van der Waals surface area contributed by atoms with E-state index in [-0.39, 0.29) is 41.0 Å². The second kappa shape index (κ2) is 6.32. The van der Waals surface area contributed by atoms with Crippen LogP contribution in [0.4, 0.5) is 15.8 Å². The summed E-state index contributed by atoms with van der Waals surface area (Å²) in [5.74, 6) is -1.20. The fraction of sp³-hybridized carbons (Fsp3) is 0.133. The zero-order valence-corrected chi connectivity index (χ0v) is 12.8. The quantitative estimate of drug-likeness (QED) is 0.675. The summed E-state index contributed by atoms with van der Waals surface area (Å²) in [5.41, 5.74) is -0.877. The molecule has 0 unspecified atom stereocenters. The van der Waals surface area contributed by atoms with Crippen LogP contribution in [0, 0.1) is 15.9 Å². The van der Waals surface area contributed by atoms with Crippen LogP contribution in [0.15, 0.2) is 30.3 Å². The largest absolute Gasteiger partial charge is 0.486 e. The van der Waals surface area contributed by atoms with E-state index in [4.69, 9.17) is 21.1 Å². The van der Waals surface area contributed by atoms with Crippen molar-refractivity contribution < 1.29 is 23.6 Å². The number of anilines is 1. The number of carbonyl (C=O) groups is 1. The van der Waals surface area contributed by atoms with E-state index in [1.54, 1.807) is 0 Å². The predicted molar refractivity (Wildman–Crippen MR) is 83.4 cm³/mol. The molecule has 0 radical (unpaired) electrons. The van der Waals surface area contributed by atoms with Crippen LogP contribution in [0.3, 0.4) is 0 Å². The van der Waals surface area contributed by atoms with E-state index in [0.717, 1.165) is 12.1 Å². The summed E-state index contributed by atoms with van der Waals surface area (Å²) in [6, 6.07) is 5.99. The van der Waals surface area contributed by atoms with Gasteiger partial charge in [-0.1, -0.05) is 11.6 Å². The molecule has 9 heteroatoms. The highest BCUT2D eigenvalue weighted by molar-refractivity contribution is 6.30. The van der Waals surface area contributed by atoms with Crippen molar-refractivity contribution in [2.24, 2.45) is 0 Å². The molecule has 1 aliphatic rings. The molecule has 0 bridgehead atoms. The Bertz CT molecular complexity index is 843. The Morgan fingerprint density at radius 2 is 1.88 bits per heavy atom. The van der Waals surface area contributed by atoms with Gasteiger partial charge in [-0.3, -0.25) is 14.9 Å². The molecule has 24 heavy (non-hydrogen) atoms. The maximum absolute atomic E-state index is 13.8. The lowest BCUT2D eigenvalue weighted by Crippen LogP contribution is -2.19. The number of hydrogen-bond acceptors (Lipinski definition) is 5. The monoisotopic (exact) mass is 352 g/mol. The average molecular weight is 353 g/mol. The summed E-state index contributed by atoms with van der Waals surface area (Å²) in [4.78, 5) is 22.8. The van der Waals surface area contributed by atoms with Crippen molar-refractivity contribution in [1.82, 2.24) is 0 Å². The van der Waals surface area contributed by atoms with Gasteiger partial charge < -0.3 is 14.8 Å². The molecule has 1 N–H and O–H groups in total. The van der Waals surface area contributed by atoms with Crippen LogP contribution in [0.2, 0.25) is 5.02 Å². The van der Waals surface area contributed by atoms with Crippen molar-refractivity contribution in [3.8, 4) is 11.5 Å². The molecule has 0 fully saturated rings. The number of nitrogens with zero attached hydrogens (tertiary/aromatic N) is 1. The first-order valence-corrected chi connectivity index (χ1v) is 7.18. The van der Waals surface area contributed by atoms with E-state index in [0.29, 0.717) is 0 Å². The zero-order valence-electron chi connectivity index (χ0n) is 12.0. The van der Waals surface area contributed by atoms with E-state index in [9.17, 15) is 19.3 Å². The molecule has 1 heterocycles. The molecular weight excluding hydrogens is 343 g/mol. The van der Waals surface area contributed by atoms with E-state index in [1.807, 2.05) is 0 Å². The van der Waals surface area contributed by atoms with Crippen molar-refractivity contribution in [3.05, 3.63) is 56.8 Å². The molecule has 124 valence electrons. The Labute approximate surface area is 140 Å². The summed E-state index contributed by atoms with van der Waals surface area (Å²) in [6.07, 6.45) is 0. The summed E-state index contributed by atoms with van der Waals surface area (Å²) in [6.45, 7) is 0.517. The summed E-state index contributed by atoms with van der Waals surface area (Å²) < 4.78 is 24.4. The molecule has 0 atom stereocenters. The SMILES string of the molecule is O=C(Nc1ccc(Cl)cc1F)c1cc2c(cc1[N+](=O)[O-])OCCO2. The third-order valence-electron chi connectivity index (χ3n) is 3.28. The van der Waals surface area contributed by atoms with Crippen molar-refractivity contribution in [1.29, 1.82) is 0 Å². The highest BCUT2D eigenvalue weighted by atomic mass is 35.5. The van der Waals surface area contributed by atoms with Gasteiger partial charge in [-0.2, -0.15) is 0 Å². The topological polar surface area (TPSA) is 90.7 Å². The number of nitrogens with one attached hydrogen (secondary N) is 1. The predicted octanol–water partition coefficient (Wildman–Crippen LogP) is 3.41. The van der Waals surface area contributed by atoms with Gasteiger partial charge >= 0.3 is 0 Å². The average Bonchev–Trinajstić information content (AvgIpc) is 2.56. The lowest BCUT2D eigenvalue weighted by Gasteiger charge is -2.19. The molecule has 0 spiro atoms. The minimum atomic E-state index is -0.847. The number of carbonyl (C=O) groups excluding carboxylic acids is 1. The minimum Gasteiger partial charge on any atom is -0.486 e. The summed E-state index contributed by atoms with van der Waals surface area (Å²) in [5, 5.41) is 13.7. The number of benzene rings is 2. The van der Waals surface area contributed by atoms with Crippen LogP contribution >= 0.6 is 11.6 Å². The lowest BCUT2D eigenvalue weighted by molar-refractivity contribution is -0.385. The van der Waals surface area contributed by atoms with Crippen LogP contribution in [0.5, 0.6) is 11.5 Å². The van der Waals surface area contributed by atoms with Gasteiger partial charge in [-0.25, -0.2) is 4.39 Å². The van der Waals surface area contributed by atoms with Crippen LogP contribution in [0.25, 0.3) is 0 Å². The third-order valence-corrected chi connectivity index (χ3v) is 3.52. The van der Waals surface area contributed by atoms with Crippen molar-refractivity contribution in [2.45, 2.75) is 0 Å². The number of nitro groups is 1. The number of nitro benzene ring substituents is 1. The number of fused-ring (bicyclic) bond motifs is 1. The van der Waals surface area contributed by atoms with Gasteiger partial charge in [0.05, 0.1) is 16.7 Å². The van der Waals surface area contributed by atoms with Crippen molar-refractivity contribution in [2.75, 3.05) is 18.5 Å². The Hall–Kier alpha value is -2.87. The lowest BCUT2D eigenvalue weighted by atomic mass is 10.1. The summed E-state index contributed by atoms with van der Waals surface area (Å²) in [7, 11) is 0. The standard InChI is InChI=1S/C15H10ClFN2O5/c16-8-1-2-11(10(17)5-8)18-15(20)9-6-13-14(24-4-3-23-13)7-12(9)19(21)22/h1-2,5-7H,3-4H2,(H,18,20). The van der Waals surface area contributed by atoms with E-state index in [2.05, 4.69) is 5.32 Å². The highest BCUT2D eigenvalue weighted by Crippen LogP contribution is 2.37. The fourth-order valence-electron chi connectivity index (χ4n) is 2.19. The number of halogens is 2. The molecule has 2 aromatic carbocycles. The molecule has 1 amide bonds. The number of amides is 1. The van der Waals surface area contributed by atoms with Crippen LogP contribution in [-0.4, -0.2) is 24.0 Å². The molecule has 7 nitrogen and oxygen atoms in total. The van der Waals surface area contributed by atoms with Gasteiger partial charge in [0.25, 0.3) is 11.6 Å². The van der Waals surface area contributed by atoms with Crippen LogP contribution in [-0.2, 0) is 0 Å². The first-order chi connectivity index (χ1) is 11.5. The van der Waals surface area contributed by atoms with Gasteiger partial charge in [0, 0.05) is 11.1 Å². The van der Waals surface area contributed by atoms with Crippen LogP contribution in [0.1, 0.15) is 10.4 Å². The normalized spacial score (nSPS) is 12.6. The smallest absolute Gasteiger partial charge is 0.286 e. The van der Waals surface area contributed by atoms with Gasteiger partial charge in [-0.15, -0.1) is 0 Å². The highest BCUT2D eigenvalue weighted by Gasteiger charge is 2.26. The zero-order chi connectivity index (χ0) is 17.3. The maximum atomic E-state index is 13.8. The molecule has 1 aliphatic heterocycles. The second-order valence-electron chi connectivity index (χ2n) is 4.85. The molecule has 0 aromatic heterocycles. The Balaban J connectivity index is 1.97. The van der Waals surface area contributed by atoms with Crippen molar-refractivity contribution >= 4 is 28.9 Å². The molecule has 0 aliphatic carbocycles. The van der Waals surface area contributed by atoms with E-state index in [1.165, 1.54) is 18.2 Å². The number of hydrogen-bond donors (Lipinski definition) is 1. The molecule has 2 aromatic rings. The van der Waals surface area contributed by atoms with E-state index < -0.39 is 22.3 Å². The first-order valence-electron chi connectivity index (χ1n) is 6.80. The number of ether oxygens (including phenoxy) is 2. The maximum Gasteiger partial charge on any atom is 0.286 e. The van der Waals surface area contributed by atoms with Gasteiger partial charge in [-0.05, 0) is 18.2 Å². The molecule has 0 saturated heterocycles. The van der Waals surface area contributed by atoms with Crippen molar-refractivity contribution in [3.63, 3.8) is 0 Å².